The maximum atomic E-state index is 12.3. The maximum absolute atomic E-state index is 12.3. The van der Waals surface area contributed by atoms with Crippen LogP contribution in [0.1, 0.15) is 44.0 Å². The first-order chi connectivity index (χ1) is 8.09. The molecule has 1 aliphatic rings. The Morgan fingerprint density at radius 1 is 1.41 bits per heavy atom. The van der Waals surface area contributed by atoms with E-state index in [-0.39, 0.29) is 11.7 Å². The number of carbonyl (C=O) groups excluding carboxylic acids is 1. The molecule has 1 aromatic heterocycles. The lowest BCUT2D eigenvalue weighted by molar-refractivity contribution is -0.126. The molecule has 0 amide bonds. The van der Waals surface area contributed by atoms with Crippen LogP contribution in [0.15, 0.2) is 17.5 Å². The molecule has 0 radical (unpaired) electrons. The first-order valence-electron chi connectivity index (χ1n) is 6.42. The van der Waals surface area contributed by atoms with Crippen LogP contribution in [-0.4, -0.2) is 5.78 Å². The van der Waals surface area contributed by atoms with E-state index in [0.29, 0.717) is 5.92 Å². The van der Waals surface area contributed by atoms with Crippen molar-refractivity contribution in [2.45, 2.75) is 39.2 Å². The highest BCUT2D eigenvalue weighted by atomic mass is 32.1. The Hall–Kier alpha value is -0.670. The van der Waals surface area contributed by atoms with Crippen LogP contribution in [0.4, 0.5) is 0 Å². The van der Waals surface area contributed by atoms with E-state index < -0.39 is 6.04 Å². The van der Waals surface area contributed by atoms with E-state index in [4.69, 9.17) is 5.73 Å². The van der Waals surface area contributed by atoms with E-state index in [0.717, 1.165) is 30.1 Å². The molecule has 17 heavy (non-hydrogen) atoms. The normalized spacial score (nSPS) is 31.1. The Kier molecular flexibility index (Phi) is 4.00. The molecule has 0 spiro atoms. The fourth-order valence-electron chi connectivity index (χ4n) is 2.67. The van der Waals surface area contributed by atoms with Gasteiger partial charge >= 0.3 is 0 Å². The van der Waals surface area contributed by atoms with Crippen molar-refractivity contribution in [1.82, 2.24) is 0 Å². The Balaban J connectivity index is 2.01. The number of Topliss-reactive ketones (excluding diaryl/α,β-unsaturated/α-hetero) is 1. The largest absolute Gasteiger partial charge is 0.317 e. The van der Waals surface area contributed by atoms with Crippen molar-refractivity contribution in [2.75, 3.05) is 0 Å². The fraction of sp³-hybridized carbons (Fsp3) is 0.643. The first-order valence-corrected chi connectivity index (χ1v) is 7.30. The molecule has 2 rings (SSSR count). The SMILES string of the molecule is CC1CCC(C(=O)C(N)c2cccs2)CC1C. The molecule has 1 saturated carbocycles. The van der Waals surface area contributed by atoms with Crippen LogP contribution in [-0.2, 0) is 4.79 Å². The van der Waals surface area contributed by atoms with Gasteiger partial charge in [0.2, 0.25) is 0 Å². The zero-order valence-electron chi connectivity index (χ0n) is 10.6. The van der Waals surface area contributed by atoms with Gasteiger partial charge in [-0.2, -0.15) is 0 Å². The highest BCUT2D eigenvalue weighted by Gasteiger charge is 2.32. The molecule has 0 saturated heterocycles. The van der Waals surface area contributed by atoms with Crippen molar-refractivity contribution >= 4 is 17.1 Å². The van der Waals surface area contributed by atoms with Gasteiger partial charge in [-0.05, 0) is 42.5 Å². The summed E-state index contributed by atoms with van der Waals surface area (Å²) in [4.78, 5) is 13.3. The van der Waals surface area contributed by atoms with Gasteiger partial charge in [0.1, 0.15) is 0 Å². The Morgan fingerprint density at radius 2 is 2.18 bits per heavy atom. The van der Waals surface area contributed by atoms with Crippen molar-refractivity contribution in [2.24, 2.45) is 23.5 Å². The molecule has 0 bridgehead atoms. The van der Waals surface area contributed by atoms with Crippen LogP contribution < -0.4 is 5.73 Å². The van der Waals surface area contributed by atoms with Gasteiger partial charge in [-0.1, -0.05) is 19.9 Å². The molecular formula is C14H21NOS. The fourth-order valence-corrected chi connectivity index (χ4v) is 3.40. The lowest BCUT2D eigenvalue weighted by atomic mass is 9.73. The predicted octanol–water partition coefficient (Wildman–Crippen LogP) is 3.39. The number of thiophene rings is 1. The minimum absolute atomic E-state index is 0.179. The second-order valence-corrected chi connectivity index (χ2v) is 6.34. The summed E-state index contributed by atoms with van der Waals surface area (Å²) in [5.41, 5.74) is 6.05. The number of nitrogens with two attached hydrogens (primary N) is 1. The maximum Gasteiger partial charge on any atom is 0.157 e. The van der Waals surface area contributed by atoms with Crippen LogP contribution in [0.5, 0.6) is 0 Å². The Labute approximate surface area is 107 Å². The van der Waals surface area contributed by atoms with Crippen LogP contribution in [0.25, 0.3) is 0 Å². The average molecular weight is 251 g/mol. The average Bonchev–Trinajstić information content (AvgIpc) is 2.84. The van der Waals surface area contributed by atoms with Gasteiger partial charge in [0.05, 0.1) is 6.04 Å². The van der Waals surface area contributed by atoms with Crippen LogP contribution >= 0.6 is 11.3 Å². The molecule has 2 nitrogen and oxygen atoms in total. The second-order valence-electron chi connectivity index (χ2n) is 5.36. The topological polar surface area (TPSA) is 43.1 Å². The summed E-state index contributed by atoms with van der Waals surface area (Å²) in [5.74, 6) is 1.81. The quantitative estimate of drug-likeness (QED) is 0.894. The van der Waals surface area contributed by atoms with Gasteiger partial charge in [0, 0.05) is 10.8 Å². The lowest BCUT2D eigenvalue weighted by Gasteiger charge is -2.32. The van der Waals surface area contributed by atoms with Crippen molar-refractivity contribution in [3.63, 3.8) is 0 Å². The second kappa shape index (κ2) is 5.32. The van der Waals surface area contributed by atoms with Gasteiger partial charge in [0.15, 0.2) is 5.78 Å². The Morgan fingerprint density at radius 3 is 2.76 bits per heavy atom. The van der Waals surface area contributed by atoms with E-state index in [1.807, 2.05) is 17.5 Å². The number of hydrogen-bond acceptors (Lipinski definition) is 3. The highest BCUT2D eigenvalue weighted by Crippen LogP contribution is 2.36. The lowest BCUT2D eigenvalue weighted by Crippen LogP contribution is -2.32. The zero-order chi connectivity index (χ0) is 12.4. The predicted molar refractivity (Wildman–Crippen MR) is 71.9 cm³/mol. The third-order valence-corrected chi connectivity index (χ3v) is 5.11. The molecule has 2 N–H and O–H groups in total. The zero-order valence-corrected chi connectivity index (χ0v) is 11.4. The summed E-state index contributed by atoms with van der Waals surface area (Å²) in [6, 6.07) is 3.52. The van der Waals surface area contributed by atoms with Gasteiger partial charge in [-0.3, -0.25) is 4.79 Å². The van der Waals surface area contributed by atoms with Gasteiger partial charge in [0.25, 0.3) is 0 Å². The van der Waals surface area contributed by atoms with Gasteiger partial charge in [-0.15, -0.1) is 11.3 Å². The van der Waals surface area contributed by atoms with Crippen molar-refractivity contribution < 1.29 is 4.79 Å². The molecular weight excluding hydrogens is 230 g/mol. The minimum atomic E-state index is -0.402. The van der Waals surface area contributed by atoms with Gasteiger partial charge in [-0.25, -0.2) is 0 Å². The van der Waals surface area contributed by atoms with E-state index in [1.165, 1.54) is 0 Å². The molecule has 0 aromatic carbocycles. The Bertz CT molecular complexity index is 374. The van der Waals surface area contributed by atoms with E-state index >= 15 is 0 Å². The van der Waals surface area contributed by atoms with Crippen molar-refractivity contribution in [1.29, 1.82) is 0 Å². The molecule has 1 heterocycles. The monoisotopic (exact) mass is 251 g/mol. The van der Waals surface area contributed by atoms with Gasteiger partial charge < -0.3 is 5.73 Å². The molecule has 1 aromatic rings. The number of ketones is 1. The molecule has 3 heteroatoms. The third kappa shape index (κ3) is 2.78. The molecule has 4 unspecified atom stereocenters. The van der Waals surface area contributed by atoms with Crippen LogP contribution in [0.2, 0.25) is 0 Å². The number of rotatable bonds is 3. The van der Waals surface area contributed by atoms with Crippen molar-refractivity contribution in [3.05, 3.63) is 22.4 Å². The molecule has 0 aliphatic heterocycles. The van der Waals surface area contributed by atoms with Crippen LogP contribution in [0, 0.1) is 17.8 Å². The summed E-state index contributed by atoms with van der Waals surface area (Å²) < 4.78 is 0. The summed E-state index contributed by atoms with van der Waals surface area (Å²) in [6.07, 6.45) is 3.19. The smallest absolute Gasteiger partial charge is 0.157 e. The van der Waals surface area contributed by atoms with Crippen LogP contribution in [0.3, 0.4) is 0 Å². The summed E-state index contributed by atoms with van der Waals surface area (Å²) >= 11 is 1.58. The standard InChI is InChI=1S/C14H21NOS/c1-9-5-6-11(8-10(9)2)14(16)13(15)12-4-3-7-17-12/h3-4,7,9-11,13H,5-6,8,15H2,1-2H3. The minimum Gasteiger partial charge on any atom is -0.317 e. The summed E-state index contributed by atoms with van der Waals surface area (Å²) in [6.45, 7) is 4.53. The number of hydrogen-bond donors (Lipinski definition) is 1. The first kappa shape index (κ1) is 12.8. The highest BCUT2D eigenvalue weighted by molar-refractivity contribution is 7.10. The summed E-state index contributed by atoms with van der Waals surface area (Å²) in [7, 11) is 0. The van der Waals surface area contributed by atoms with Crippen molar-refractivity contribution in [3.8, 4) is 0 Å². The van der Waals surface area contributed by atoms with E-state index in [1.54, 1.807) is 11.3 Å². The summed E-state index contributed by atoms with van der Waals surface area (Å²) in [5, 5.41) is 1.98. The number of carbonyl (C=O) groups is 1. The van der Waals surface area contributed by atoms with E-state index in [2.05, 4.69) is 13.8 Å². The molecule has 1 aliphatic carbocycles. The molecule has 94 valence electrons. The van der Waals surface area contributed by atoms with E-state index in [9.17, 15) is 4.79 Å². The third-order valence-electron chi connectivity index (χ3n) is 4.16. The molecule has 4 atom stereocenters. The molecule has 1 fully saturated rings.